The number of hydrogen-bond acceptors (Lipinski definition) is 7. The van der Waals surface area contributed by atoms with E-state index in [4.69, 9.17) is 4.74 Å². The second-order valence-electron chi connectivity index (χ2n) is 6.47. The number of aromatic nitrogens is 2. The molecule has 2 fully saturated rings. The van der Waals surface area contributed by atoms with Crippen LogP contribution in [0.5, 0.6) is 0 Å². The van der Waals surface area contributed by atoms with Crippen LogP contribution in [0.25, 0.3) is 0 Å². The maximum atomic E-state index is 12.6. The van der Waals surface area contributed by atoms with Crippen LogP contribution in [-0.2, 0) is 14.6 Å². The molecule has 2 aliphatic rings. The highest BCUT2D eigenvalue weighted by molar-refractivity contribution is 7.91. The lowest BCUT2D eigenvalue weighted by Gasteiger charge is -2.26. The molecule has 0 radical (unpaired) electrons. The summed E-state index contributed by atoms with van der Waals surface area (Å²) in [5.41, 5.74) is 0.230. The highest BCUT2D eigenvalue weighted by atomic mass is 32.2. The standard InChI is InChI=1S/C16H24N4O4S/c1-2-20(12-7-9-25(22,23)11-12)16(21)14-5-6-15(19-18-14)17-10-13-4-3-8-24-13/h5-6,12-13H,2-4,7-11H2,1H3,(H,17,19). The summed E-state index contributed by atoms with van der Waals surface area (Å²) < 4.78 is 28.9. The maximum absolute atomic E-state index is 12.6. The van der Waals surface area contributed by atoms with E-state index in [2.05, 4.69) is 15.5 Å². The number of nitrogens with zero attached hydrogens (tertiary/aromatic N) is 3. The second-order valence-corrected chi connectivity index (χ2v) is 8.70. The first-order chi connectivity index (χ1) is 12.0. The first kappa shape index (κ1) is 18.1. The van der Waals surface area contributed by atoms with E-state index in [-0.39, 0.29) is 35.3 Å². The van der Waals surface area contributed by atoms with Crippen LogP contribution in [0, 0.1) is 0 Å². The number of nitrogens with one attached hydrogen (secondary N) is 1. The van der Waals surface area contributed by atoms with Crippen molar-refractivity contribution in [2.75, 3.05) is 36.5 Å². The van der Waals surface area contributed by atoms with Gasteiger partial charge in [-0.1, -0.05) is 0 Å². The van der Waals surface area contributed by atoms with Crippen LogP contribution in [0.4, 0.5) is 5.82 Å². The molecule has 0 saturated carbocycles. The van der Waals surface area contributed by atoms with Crippen molar-refractivity contribution in [2.24, 2.45) is 0 Å². The molecule has 25 heavy (non-hydrogen) atoms. The molecule has 1 amide bonds. The van der Waals surface area contributed by atoms with E-state index < -0.39 is 9.84 Å². The topological polar surface area (TPSA) is 101 Å². The summed E-state index contributed by atoms with van der Waals surface area (Å²) >= 11 is 0. The monoisotopic (exact) mass is 368 g/mol. The Labute approximate surface area is 147 Å². The van der Waals surface area contributed by atoms with Crippen molar-refractivity contribution in [3.05, 3.63) is 17.8 Å². The molecule has 0 bridgehead atoms. The maximum Gasteiger partial charge on any atom is 0.274 e. The Bertz CT molecular complexity index is 701. The van der Waals surface area contributed by atoms with Gasteiger partial charge in [-0.25, -0.2) is 8.42 Å². The number of ether oxygens (including phenoxy) is 1. The third kappa shape index (κ3) is 4.46. The molecule has 9 heteroatoms. The largest absolute Gasteiger partial charge is 0.376 e. The molecule has 1 aromatic heterocycles. The lowest BCUT2D eigenvalue weighted by molar-refractivity contribution is 0.0701. The molecule has 0 aromatic carbocycles. The van der Waals surface area contributed by atoms with Gasteiger partial charge in [-0.15, -0.1) is 10.2 Å². The summed E-state index contributed by atoms with van der Waals surface area (Å²) in [4.78, 5) is 14.2. The summed E-state index contributed by atoms with van der Waals surface area (Å²) in [6, 6.07) is 3.06. The number of amides is 1. The summed E-state index contributed by atoms with van der Waals surface area (Å²) in [5, 5.41) is 11.2. The van der Waals surface area contributed by atoms with Crippen molar-refractivity contribution in [1.29, 1.82) is 0 Å². The van der Waals surface area contributed by atoms with Gasteiger partial charge < -0.3 is 15.0 Å². The van der Waals surface area contributed by atoms with E-state index in [1.807, 2.05) is 6.92 Å². The zero-order valence-corrected chi connectivity index (χ0v) is 15.2. The molecule has 0 spiro atoms. The molecular weight excluding hydrogens is 344 g/mol. The lowest BCUT2D eigenvalue weighted by atomic mass is 10.2. The van der Waals surface area contributed by atoms with E-state index >= 15 is 0 Å². The Morgan fingerprint density at radius 2 is 2.20 bits per heavy atom. The van der Waals surface area contributed by atoms with Crippen LogP contribution in [0.3, 0.4) is 0 Å². The highest BCUT2D eigenvalue weighted by Crippen LogP contribution is 2.19. The Morgan fingerprint density at radius 1 is 1.36 bits per heavy atom. The minimum absolute atomic E-state index is 0.0288. The van der Waals surface area contributed by atoms with Crippen LogP contribution in [0.15, 0.2) is 12.1 Å². The molecule has 2 atom stereocenters. The molecule has 8 nitrogen and oxygen atoms in total. The highest BCUT2D eigenvalue weighted by Gasteiger charge is 2.34. The predicted molar refractivity (Wildman–Crippen MR) is 93.3 cm³/mol. The first-order valence-electron chi connectivity index (χ1n) is 8.69. The van der Waals surface area contributed by atoms with Gasteiger partial charge in [-0.2, -0.15) is 0 Å². The number of anilines is 1. The summed E-state index contributed by atoms with van der Waals surface area (Å²) in [6.45, 7) is 3.76. The molecule has 1 aromatic rings. The van der Waals surface area contributed by atoms with Crippen LogP contribution >= 0.6 is 0 Å². The zero-order chi connectivity index (χ0) is 17.9. The molecule has 2 unspecified atom stereocenters. The number of carbonyl (C=O) groups is 1. The van der Waals surface area contributed by atoms with E-state index in [9.17, 15) is 13.2 Å². The van der Waals surface area contributed by atoms with Crippen molar-refractivity contribution >= 4 is 21.6 Å². The molecule has 3 rings (SSSR count). The average molecular weight is 368 g/mol. The van der Waals surface area contributed by atoms with Gasteiger partial charge in [0.25, 0.3) is 5.91 Å². The van der Waals surface area contributed by atoms with Gasteiger partial charge in [0.05, 0.1) is 17.6 Å². The quantitative estimate of drug-likeness (QED) is 0.789. The molecular formula is C16H24N4O4S. The van der Waals surface area contributed by atoms with E-state index in [1.165, 1.54) is 0 Å². The summed E-state index contributed by atoms with van der Waals surface area (Å²) in [7, 11) is -3.04. The molecule has 0 aliphatic carbocycles. The molecule has 3 heterocycles. The van der Waals surface area contributed by atoms with Gasteiger partial charge in [-0.3, -0.25) is 4.79 Å². The van der Waals surface area contributed by atoms with E-state index in [0.717, 1.165) is 19.4 Å². The average Bonchev–Trinajstić information content (AvgIpc) is 3.23. The predicted octanol–water partition coefficient (Wildman–Crippen LogP) is 0.717. The Balaban J connectivity index is 1.61. The van der Waals surface area contributed by atoms with Gasteiger partial charge in [0.1, 0.15) is 5.82 Å². The third-order valence-corrected chi connectivity index (χ3v) is 6.42. The molecule has 1 N–H and O–H groups in total. The zero-order valence-electron chi connectivity index (χ0n) is 14.3. The summed E-state index contributed by atoms with van der Waals surface area (Å²) in [6.07, 6.45) is 2.79. The number of carbonyl (C=O) groups excluding carboxylic acids is 1. The Hall–Kier alpha value is -1.74. The van der Waals surface area contributed by atoms with Crippen molar-refractivity contribution < 1.29 is 17.9 Å². The molecule has 2 saturated heterocycles. The fourth-order valence-corrected chi connectivity index (χ4v) is 5.03. The van der Waals surface area contributed by atoms with Crippen LogP contribution < -0.4 is 5.32 Å². The third-order valence-electron chi connectivity index (χ3n) is 4.67. The number of sulfone groups is 1. The van der Waals surface area contributed by atoms with Crippen molar-refractivity contribution in [1.82, 2.24) is 15.1 Å². The normalized spacial score (nSPS) is 25.0. The Kier molecular flexibility index (Phi) is 5.53. The minimum atomic E-state index is -3.04. The van der Waals surface area contributed by atoms with Gasteiger partial charge in [0.15, 0.2) is 15.5 Å². The lowest BCUT2D eigenvalue weighted by Crippen LogP contribution is -2.41. The van der Waals surface area contributed by atoms with Crippen LogP contribution in [-0.4, -0.2) is 72.8 Å². The van der Waals surface area contributed by atoms with Crippen molar-refractivity contribution in [3.63, 3.8) is 0 Å². The van der Waals surface area contributed by atoms with Gasteiger partial charge in [-0.05, 0) is 38.3 Å². The van der Waals surface area contributed by atoms with Crippen LogP contribution in [0.1, 0.15) is 36.7 Å². The fraction of sp³-hybridized carbons (Fsp3) is 0.688. The van der Waals surface area contributed by atoms with Crippen molar-refractivity contribution in [2.45, 2.75) is 38.3 Å². The smallest absolute Gasteiger partial charge is 0.274 e. The molecule has 138 valence electrons. The van der Waals surface area contributed by atoms with Gasteiger partial charge >= 0.3 is 0 Å². The molecule has 2 aliphatic heterocycles. The van der Waals surface area contributed by atoms with E-state index in [0.29, 0.717) is 25.3 Å². The number of rotatable bonds is 6. The van der Waals surface area contributed by atoms with E-state index in [1.54, 1.807) is 17.0 Å². The van der Waals surface area contributed by atoms with Crippen LogP contribution in [0.2, 0.25) is 0 Å². The Morgan fingerprint density at radius 3 is 2.76 bits per heavy atom. The minimum Gasteiger partial charge on any atom is -0.376 e. The summed E-state index contributed by atoms with van der Waals surface area (Å²) in [5.74, 6) is 0.488. The fourth-order valence-electron chi connectivity index (χ4n) is 3.30. The SMILES string of the molecule is CCN(C(=O)c1ccc(NCC2CCCO2)nn1)C1CCS(=O)(=O)C1. The van der Waals surface area contributed by atoms with Gasteiger partial charge in [0.2, 0.25) is 0 Å². The second kappa shape index (κ2) is 7.65. The van der Waals surface area contributed by atoms with Crippen molar-refractivity contribution in [3.8, 4) is 0 Å². The number of hydrogen-bond donors (Lipinski definition) is 1. The first-order valence-corrected chi connectivity index (χ1v) is 10.5. The van der Waals surface area contributed by atoms with Gasteiger partial charge in [0, 0.05) is 25.7 Å².